The molecule has 1 aliphatic heterocycles. The van der Waals surface area contributed by atoms with E-state index in [1.807, 2.05) is 0 Å². The van der Waals surface area contributed by atoms with Gasteiger partial charge in [-0.15, -0.1) is 0 Å². The molecule has 0 saturated carbocycles. The van der Waals surface area contributed by atoms with E-state index in [-0.39, 0.29) is 36.9 Å². The number of anilines is 1. The number of benzene rings is 1. The number of amides is 1. The average molecular weight is 409 g/mol. The normalized spacial score (nSPS) is 15.9. The lowest BCUT2D eigenvalue weighted by molar-refractivity contribution is -0.137. The molecule has 0 N–H and O–H groups in total. The number of piperazine rings is 1. The average Bonchev–Trinajstić information content (AvgIpc) is 3.11. The number of hydrogen-bond acceptors (Lipinski definition) is 4. The molecule has 1 fully saturated rings. The van der Waals surface area contributed by atoms with Crippen LogP contribution in [0.3, 0.4) is 0 Å². The maximum atomic E-state index is 12.8. The Labute approximate surface area is 154 Å². The van der Waals surface area contributed by atoms with Crippen LogP contribution in [-0.2, 0) is 12.4 Å². The topological polar surface area (TPSA) is 36.4 Å². The van der Waals surface area contributed by atoms with Gasteiger partial charge in [0.05, 0.1) is 11.8 Å². The van der Waals surface area contributed by atoms with Gasteiger partial charge in [0.25, 0.3) is 5.91 Å². The molecule has 0 atom stereocenters. The Hall–Kier alpha value is -2.30. The van der Waals surface area contributed by atoms with Gasteiger partial charge in [-0.1, -0.05) is 17.4 Å². The van der Waals surface area contributed by atoms with Gasteiger partial charge in [0.2, 0.25) is 0 Å². The van der Waals surface area contributed by atoms with Gasteiger partial charge in [-0.25, -0.2) is 4.98 Å². The quantitative estimate of drug-likeness (QED) is 0.700. The highest BCUT2D eigenvalue weighted by Crippen LogP contribution is 2.36. The molecule has 4 nitrogen and oxygen atoms in total. The van der Waals surface area contributed by atoms with Crippen LogP contribution in [-0.4, -0.2) is 42.0 Å². The van der Waals surface area contributed by atoms with Crippen LogP contribution in [0.2, 0.25) is 0 Å². The summed E-state index contributed by atoms with van der Waals surface area (Å²) in [4.78, 5) is 18.4. The van der Waals surface area contributed by atoms with Crippen molar-refractivity contribution in [1.29, 1.82) is 0 Å². The molecule has 0 aliphatic carbocycles. The van der Waals surface area contributed by atoms with Crippen molar-refractivity contribution in [1.82, 2.24) is 9.88 Å². The molecule has 11 heteroatoms. The fourth-order valence-corrected chi connectivity index (χ4v) is 3.49. The van der Waals surface area contributed by atoms with E-state index in [0.717, 1.165) is 18.3 Å². The summed E-state index contributed by atoms with van der Waals surface area (Å²) in [6.07, 6.45) is -8.24. The Balaban J connectivity index is 1.65. The van der Waals surface area contributed by atoms with Crippen LogP contribution in [0.4, 0.5) is 31.5 Å². The first-order valence-corrected chi connectivity index (χ1v) is 8.62. The van der Waals surface area contributed by atoms with E-state index in [4.69, 9.17) is 0 Å². The first-order chi connectivity index (χ1) is 12.6. The van der Waals surface area contributed by atoms with Crippen molar-refractivity contribution in [3.8, 4) is 0 Å². The smallest absolute Gasteiger partial charge is 0.345 e. The predicted octanol–water partition coefficient (Wildman–Crippen LogP) is 4.14. The van der Waals surface area contributed by atoms with Gasteiger partial charge < -0.3 is 9.80 Å². The molecule has 2 heterocycles. The van der Waals surface area contributed by atoms with E-state index in [2.05, 4.69) is 4.98 Å². The third-order valence-electron chi connectivity index (χ3n) is 4.05. The minimum absolute atomic E-state index is 0.0770. The fraction of sp³-hybridized carbons (Fsp3) is 0.375. The van der Waals surface area contributed by atoms with Crippen molar-refractivity contribution in [2.24, 2.45) is 0 Å². The molecule has 1 aliphatic rings. The number of aromatic nitrogens is 1. The fourth-order valence-electron chi connectivity index (χ4n) is 2.65. The summed E-state index contributed by atoms with van der Waals surface area (Å²) < 4.78 is 76.3. The van der Waals surface area contributed by atoms with Crippen molar-refractivity contribution in [3.05, 3.63) is 46.5 Å². The van der Waals surface area contributed by atoms with Gasteiger partial charge in [-0.2, -0.15) is 26.3 Å². The van der Waals surface area contributed by atoms with E-state index in [1.165, 1.54) is 17.0 Å². The summed E-state index contributed by atoms with van der Waals surface area (Å²) in [5.74, 6) is -0.545. The summed E-state index contributed by atoms with van der Waals surface area (Å²) in [5, 5.41) is 0.202. The van der Waals surface area contributed by atoms with Gasteiger partial charge in [0, 0.05) is 31.7 Å². The lowest BCUT2D eigenvalue weighted by atomic mass is 10.1. The van der Waals surface area contributed by atoms with Crippen molar-refractivity contribution in [2.45, 2.75) is 12.4 Å². The van der Waals surface area contributed by atoms with Crippen LogP contribution in [0, 0.1) is 0 Å². The molecule has 1 aromatic carbocycles. The Bertz CT molecular complexity index is 824. The Kier molecular flexibility index (Phi) is 5.06. The number of nitrogens with zero attached hydrogens (tertiary/aromatic N) is 3. The molecule has 0 radical (unpaired) electrons. The monoisotopic (exact) mass is 409 g/mol. The van der Waals surface area contributed by atoms with Crippen LogP contribution in [0.15, 0.2) is 30.5 Å². The highest BCUT2D eigenvalue weighted by Gasteiger charge is 2.35. The molecule has 0 unspecified atom stereocenters. The zero-order valence-corrected chi connectivity index (χ0v) is 14.5. The summed E-state index contributed by atoms with van der Waals surface area (Å²) in [6.45, 7) is 0.844. The summed E-state index contributed by atoms with van der Waals surface area (Å²) in [5.41, 5.74) is -0.985. The minimum atomic E-state index is -4.55. The summed E-state index contributed by atoms with van der Waals surface area (Å²) in [6, 6.07) is 4.15. The second-order valence-electron chi connectivity index (χ2n) is 5.86. The standard InChI is InChI=1S/C16H13F6N3OS/c17-15(18,19)11-3-1-2-10(8-11)13(26)24-4-6-25(7-5-24)14-23-9-12(27-14)16(20,21)22/h1-3,8-9H,4-7H2. The van der Waals surface area contributed by atoms with Crippen molar-refractivity contribution in [3.63, 3.8) is 0 Å². The zero-order chi connectivity index (χ0) is 19.8. The third kappa shape index (κ3) is 4.34. The van der Waals surface area contributed by atoms with E-state index in [1.54, 1.807) is 4.90 Å². The SMILES string of the molecule is O=C(c1cccc(C(F)(F)F)c1)N1CCN(c2ncc(C(F)(F)F)s2)CC1. The van der Waals surface area contributed by atoms with Crippen LogP contribution >= 0.6 is 11.3 Å². The molecule has 0 bridgehead atoms. The second kappa shape index (κ2) is 7.02. The molecule has 1 amide bonds. The van der Waals surface area contributed by atoms with E-state index < -0.39 is 28.7 Å². The van der Waals surface area contributed by atoms with Gasteiger partial charge in [0.1, 0.15) is 4.88 Å². The van der Waals surface area contributed by atoms with Crippen LogP contribution < -0.4 is 4.90 Å². The van der Waals surface area contributed by atoms with Crippen molar-refractivity contribution < 1.29 is 31.1 Å². The lowest BCUT2D eigenvalue weighted by Crippen LogP contribution is -2.48. The highest BCUT2D eigenvalue weighted by molar-refractivity contribution is 7.15. The third-order valence-corrected chi connectivity index (χ3v) is 5.15. The number of carbonyl (C=O) groups excluding carboxylic acids is 1. The van der Waals surface area contributed by atoms with Crippen molar-refractivity contribution in [2.75, 3.05) is 31.1 Å². The second-order valence-corrected chi connectivity index (χ2v) is 6.87. The van der Waals surface area contributed by atoms with Gasteiger partial charge in [-0.05, 0) is 18.2 Å². The molecule has 3 rings (SSSR count). The minimum Gasteiger partial charge on any atom is -0.345 e. The van der Waals surface area contributed by atoms with E-state index >= 15 is 0 Å². The highest BCUT2D eigenvalue weighted by atomic mass is 32.1. The number of hydrogen-bond donors (Lipinski definition) is 0. The van der Waals surface area contributed by atoms with E-state index in [9.17, 15) is 31.1 Å². The lowest BCUT2D eigenvalue weighted by Gasteiger charge is -2.34. The van der Waals surface area contributed by atoms with Gasteiger partial charge in [0.15, 0.2) is 5.13 Å². The summed E-state index contributed by atoms with van der Waals surface area (Å²) >= 11 is 0.518. The molecule has 2 aromatic rings. The van der Waals surface area contributed by atoms with Crippen LogP contribution in [0.25, 0.3) is 0 Å². The first kappa shape index (κ1) is 19.5. The number of carbonyl (C=O) groups is 1. The zero-order valence-electron chi connectivity index (χ0n) is 13.6. The Morgan fingerprint density at radius 2 is 1.67 bits per heavy atom. The van der Waals surface area contributed by atoms with Crippen molar-refractivity contribution >= 4 is 22.4 Å². The molecular weight excluding hydrogens is 396 g/mol. The molecule has 0 spiro atoms. The van der Waals surface area contributed by atoms with Crippen LogP contribution in [0.1, 0.15) is 20.8 Å². The molecule has 1 aromatic heterocycles. The first-order valence-electron chi connectivity index (χ1n) is 7.80. The predicted molar refractivity (Wildman–Crippen MR) is 86.7 cm³/mol. The molecular formula is C16H13F6N3OS. The van der Waals surface area contributed by atoms with Gasteiger partial charge >= 0.3 is 12.4 Å². The molecule has 146 valence electrons. The van der Waals surface area contributed by atoms with Gasteiger partial charge in [-0.3, -0.25) is 4.79 Å². The molecule has 1 saturated heterocycles. The Morgan fingerprint density at radius 1 is 1.00 bits per heavy atom. The summed E-state index contributed by atoms with van der Waals surface area (Å²) in [7, 11) is 0. The van der Waals surface area contributed by atoms with Crippen LogP contribution in [0.5, 0.6) is 0 Å². The number of halogens is 6. The number of thiazole rings is 1. The maximum Gasteiger partial charge on any atom is 0.427 e. The molecule has 27 heavy (non-hydrogen) atoms. The number of alkyl halides is 6. The maximum absolute atomic E-state index is 12.8. The number of rotatable bonds is 2. The van der Waals surface area contributed by atoms with E-state index in [0.29, 0.717) is 11.3 Å². The Morgan fingerprint density at radius 3 is 2.22 bits per heavy atom. The largest absolute Gasteiger partial charge is 0.427 e.